The van der Waals surface area contributed by atoms with Gasteiger partial charge in [0.25, 0.3) is 0 Å². The van der Waals surface area contributed by atoms with E-state index in [1.807, 2.05) is 36.4 Å². The summed E-state index contributed by atoms with van der Waals surface area (Å²) in [5, 5.41) is 0.569. The van der Waals surface area contributed by atoms with Crippen molar-refractivity contribution < 1.29 is 18.9 Å². The Morgan fingerprint density at radius 3 is 1.32 bits per heavy atom. The highest BCUT2D eigenvalue weighted by Crippen LogP contribution is 2.54. The summed E-state index contributed by atoms with van der Waals surface area (Å²) < 4.78 is 24.7. The SMILES string of the molecule is Cc1cc(N(c2ccc(C(C)(C)C)cc2)c2ccc(C(C)(C)C)cc2)c(Cl)c(N(c2cccc3c2OCCO3)c2cccc3c2OCCO3)c1. The largest absolute Gasteiger partial charge is 0.486 e. The van der Waals surface area contributed by atoms with Crippen LogP contribution in [0.1, 0.15) is 58.2 Å². The molecule has 5 aromatic carbocycles. The monoisotopic (exact) mass is 688 g/mol. The van der Waals surface area contributed by atoms with Crippen LogP contribution in [0.4, 0.5) is 34.1 Å². The van der Waals surface area contributed by atoms with Gasteiger partial charge in [0.15, 0.2) is 23.0 Å². The molecule has 0 N–H and O–H groups in total. The Morgan fingerprint density at radius 2 is 0.900 bits per heavy atom. The maximum atomic E-state index is 7.72. The van der Waals surface area contributed by atoms with Gasteiger partial charge in [-0.2, -0.15) is 0 Å². The van der Waals surface area contributed by atoms with Crippen LogP contribution in [0, 0.1) is 6.92 Å². The third-order valence-corrected chi connectivity index (χ3v) is 9.60. The number of nitrogens with zero attached hydrogens (tertiary/aromatic N) is 2. The molecule has 50 heavy (non-hydrogen) atoms. The number of anilines is 6. The summed E-state index contributed by atoms with van der Waals surface area (Å²) in [4.78, 5) is 4.36. The number of para-hydroxylation sites is 2. The second-order valence-electron chi connectivity index (χ2n) is 15.0. The van der Waals surface area contributed by atoms with Crippen molar-refractivity contribution >= 4 is 45.7 Å². The van der Waals surface area contributed by atoms with Crippen molar-refractivity contribution in [2.45, 2.75) is 59.3 Å². The molecule has 258 valence electrons. The highest BCUT2D eigenvalue weighted by Gasteiger charge is 2.31. The molecule has 0 aromatic heterocycles. The first-order valence-corrected chi connectivity index (χ1v) is 17.7. The third kappa shape index (κ3) is 6.45. The zero-order valence-corrected chi connectivity index (χ0v) is 30.7. The smallest absolute Gasteiger partial charge is 0.185 e. The summed E-state index contributed by atoms with van der Waals surface area (Å²) in [6.45, 7) is 17.4. The van der Waals surface area contributed by atoms with Crippen LogP contribution in [0.3, 0.4) is 0 Å². The molecule has 0 unspecified atom stereocenters. The molecule has 0 amide bonds. The average Bonchev–Trinajstić information content (AvgIpc) is 3.10. The fraction of sp³-hybridized carbons (Fsp3) is 0.302. The van der Waals surface area contributed by atoms with Crippen LogP contribution in [0.2, 0.25) is 5.02 Å². The molecule has 6 nitrogen and oxygen atoms in total. The van der Waals surface area contributed by atoms with Gasteiger partial charge >= 0.3 is 0 Å². The molecule has 2 aliphatic rings. The Bertz CT molecular complexity index is 1890. The minimum atomic E-state index is 0.0214. The predicted octanol–water partition coefficient (Wildman–Crippen LogP) is 11.7. The van der Waals surface area contributed by atoms with Gasteiger partial charge in [-0.15, -0.1) is 0 Å². The van der Waals surface area contributed by atoms with Crippen LogP contribution in [0.5, 0.6) is 23.0 Å². The van der Waals surface area contributed by atoms with Gasteiger partial charge in [-0.05, 0) is 95.1 Å². The number of aryl methyl sites for hydroxylation is 1. The number of hydrogen-bond donors (Lipinski definition) is 0. The van der Waals surface area contributed by atoms with Gasteiger partial charge in [0, 0.05) is 11.4 Å². The van der Waals surface area contributed by atoms with Gasteiger partial charge in [0.05, 0.1) is 27.8 Å². The Labute approximate surface area is 301 Å². The van der Waals surface area contributed by atoms with Crippen LogP contribution in [-0.4, -0.2) is 26.4 Å². The highest BCUT2D eigenvalue weighted by atomic mass is 35.5. The summed E-state index contributed by atoms with van der Waals surface area (Å²) in [5.41, 5.74) is 8.83. The van der Waals surface area contributed by atoms with E-state index in [0.717, 1.165) is 39.7 Å². The first kappa shape index (κ1) is 33.7. The van der Waals surface area contributed by atoms with E-state index in [2.05, 4.69) is 119 Å². The van der Waals surface area contributed by atoms with Gasteiger partial charge in [0.2, 0.25) is 0 Å². The van der Waals surface area contributed by atoms with Crippen LogP contribution in [-0.2, 0) is 10.8 Å². The molecule has 0 saturated heterocycles. The molecule has 0 fully saturated rings. The molecule has 0 radical (unpaired) electrons. The zero-order chi connectivity index (χ0) is 35.2. The molecule has 0 bridgehead atoms. The molecule has 5 aromatic rings. The molecule has 7 rings (SSSR count). The lowest BCUT2D eigenvalue weighted by atomic mass is 9.86. The molecule has 0 saturated carbocycles. The van der Waals surface area contributed by atoms with Crippen LogP contribution >= 0.6 is 11.6 Å². The molecule has 0 spiro atoms. The predicted molar refractivity (Wildman–Crippen MR) is 205 cm³/mol. The van der Waals surface area contributed by atoms with Crippen molar-refractivity contribution in [2.24, 2.45) is 0 Å². The van der Waals surface area contributed by atoms with Crippen molar-refractivity contribution in [1.82, 2.24) is 0 Å². The molecule has 2 aliphatic heterocycles. The topological polar surface area (TPSA) is 43.4 Å². The van der Waals surface area contributed by atoms with E-state index in [9.17, 15) is 0 Å². The van der Waals surface area contributed by atoms with Crippen LogP contribution < -0.4 is 28.7 Å². The quantitative estimate of drug-likeness (QED) is 0.177. The fourth-order valence-electron chi connectivity index (χ4n) is 6.56. The lowest BCUT2D eigenvalue weighted by Crippen LogP contribution is -2.22. The second kappa shape index (κ2) is 13.1. The van der Waals surface area contributed by atoms with E-state index in [1.165, 1.54) is 11.1 Å². The van der Waals surface area contributed by atoms with Crippen molar-refractivity contribution in [3.05, 3.63) is 119 Å². The molecule has 0 aliphatic carbocycles. The Morgan fingerprint density at radius 1 is 0.500 bits per heavy atom. The molecular weight excluding hydrogens is 644 g/mol. The van der Waals surface area contributed by atoms with Gasteiger partial charge in [-0.1, -0.05) is 89.5 Å². The summed E-state index contributed by atoms with van der Waals surface area (Å²) in [5.74, 6) is 2.67. The maximum absolute atomic E-state index is 7.72. The standard InChI is InChI=1S/C43H45ClN2O4/c1-28-26-35(45(31-18-14-29(15-19-31)42(2,3)4)32-20-16-30(17-21-32)43(5,6)7)39(44)36(27-28)46(33-10-8-12-37-40(33)49-24-22-47-37)34-11-9-13-38-41(34)50-25-23-48-38/h8-21,26-27H,22-25H2,1-7H3. The minimum Gasteiger partial charge on any atom is -0.486 e. The van der Waals surface area contributed by atoms with Gasteiger partial charge < -0.3 is 28.7 Å². The maximum Gasteiger partial charge on any atom is 0.185 e. The molecule has 7 heteroatoms. The first-order valence-electron chi connectivity index (χ1n) is 17.3. The van der Waals surface area contributed by atoms with Crippen LogP contribution in [0.25, 0.3) is 0 Å². The van der Waals surface area contributed by atoms with Gasteiger partial charge in [-0.3, -0.25) is 0 Å². The number of fused-ring (bicyclic) bond motifs is 2. The van der Waals surface area contributed by atoms with Gasteiger partial charge in [0.1, 0.15) is 26.4 Å². The summed E-state index contributed by atoms with van der Waals surface area (Å²) in [6, 6.07) is 33.7. The van der Waals surface area contributed by atoms with E-state index < -0.39 is 0 Å². The van der Waals surface area contributed by atoms with E-state index in [4.69, 9.17) is 30.5 Å². The first-order chi connectivity index (χ1) is 23.9. The number of halogens is 1. The molecular formula is C43H45ClN2O4. The van der Waals surface area contributed by atoms with E-state index in [-0.39, 0.29) is 10.8 Å². The van der Waals surface area contributed by atoms with E-state index >= 15 is 0 Å². The Kier molecular flexibility index (Phi) is 8.85. The van der Waals surface area contributed by atoms with E-state index in [1.54, 1.807) is 0 Å². The average molecular weight is 689 g/mol. The minimum absolute atomic E-state index is 0.0214. The van der Waals surface area contributed by atoms with Crippen molar-refractivity contribution in [3.63, 3.8) is 0 Å². The lowest BCUT2D eigenvalue weighted by Gasteiger charge is -2.34. The number of benzene rings is 5. The summed E-state index contributed by atoms with van der Waals surface area (Å²) in [7, 11) is 0. The van der Waals surface area contributed by atoms with E-state index in [0.29, 0.717) is 54.4 Å². The van der Waals surface area contributed by atoms with Crippen LogP contribution in [0.15, 0.2) is 97.1 Å². The zero-order valence-electron chi connectivity index (χ0n) is 30.0. The highest BCUT2D eigenvalue weighted by molar-refractivity contribution is 6.37. The summed E-state index contributed by atoms with van der Waals surface area (Å²) >= 11 is 7.72. The van der Waals surface area contributed by atoms with Crippen molar-refractivity contribution in [2.75, 3.05) is 36.2 Å². The molecule has 0 atom stereocenters. The summed E-state index contributed by atoms with van der Waals surface area (Å²) in [6.07, 6.45) is 0. The second-order valence-corrected chi connectivity index (χ2v) is 15.4. The lowest BCUT2D eigenvalue weighted by molar-refractivity contribution is 0.171. The van der Waals surface area contributed by atoms with Crippen molar-refractivity contribution in [1.29, 1.82) is 0 Å². The third-order valence-electron chi connectivity index (χ3n) is 9.22. The number of rotatable bonds is 6. The normalized spacial score (nSPS) is 13.9. The number of ether oxygens (including phenoxy) is 4. The Balaban J connectivity index is 1.47. The fourth-order valence-corrected chi connectivity index (χ4v) is 6.84. The van der Waals surface area contributed by atoms with Gasteiger partial charge in [-0.25, -0.2) is 0 Å². The molecule has 2 heterocycles. The Hall–Kier alpha value is -4.81. The van der Waals surface area contributed by atoms with Crippen molar-refractivity contribution in [3.8, 4) is 23.0 Å². The number of hydrogen-bond acceptors (Lipinski definition) is 6.